The first-order valence-electron chi connectivity index (χ1n) is 9.30. The summed E-state index contributed by atoms with van der Waals surface area (Å²) in [5.74, 6) is 0.569. The summed E-state index contributed by atoms with van der Waals surface area (Å²) >= 11 is 0. The number of aryl methyl sites for hydroxylation is 1. The molecule has 158 valence electrons. The van der Waals surface area contributed by atoms with Crippen LogP contribution in [0, 0.1) is 6.92 Å². The highest BCUT2D eigenvalue weighted by atomic mass is 32.2. The highest BCUT2D eigenvalue weighted by Crippen LogP contribution is 2.26. The molecule has 0 atom stereocenters. The molecule has 0 saturated heterocycles. The van der Waals surface area contributed by atoms with Crippen molar-refractivity contribution in [1.82, 2.24) is 4.98 Å². The highest BCUT2D eigenvalue weighted by Gasteiger charge is 2.17. The standard InChI is InChI=1S/C22H19N3O5S/c1-14-23-19-13-16(9-12-21(19)30-14)24-22(26)15-7-10-17(11-8-15)31(27,28)25-18-5-3-4-6-20(18)29-2/h3-13,25H,1-2H3,(H,24,26). The molecule has 0 unspecified atom stereocenters. The smallest absolute Gasteiger partial charge is 0.262 e. The van der Waals surface area contributed by atoms with Gasteiger partial charge in [0.05, 0.1) is 17.7 Å². The monoisotopic (exact) mass is 437 g/mol. The van der Waals surface area contributed by atoms with Crippen LogP contribution < -0.4 is 14.8 Å². The number of fused-ring (bicyclic) bond motifs is 1. The number of carbonyl (C=O) groups is 1. The van der Waals surface area contributed by atoms with E-state index in [0.29, 0.717) is 39.7 Å². The number of hydrogen-bond donors (Lipinski definition) is 2. The summed E-state index contributed by atoms with van der Waals surface area (Å²) in [7, 11) is -2.39. The lowest BCUT2D eigenvalue weighted by Gasteiger charge is -2.12. The largest absolute Gasteiger partial charge is 0.495 e. The number of ether oxygens (including phenoxy) is 1. The Hall–Kier alpha value is -3.85. The van der Waals surface area contributed by atoms with Crippen LogP contribution in [0.4, 0.5) is 11.4 Å². The second-order valence-corrected chi connectivity index (χ2v) is 8.38. The lowest BCUT2D eigenvalue weighted by atomic mass is 10.2. The minimum atomic E-state index is -3.85. The SMILES string of the molecule is COc1ccccc1NS(=O)(=O)c1ccc(C(=O)Nc2ccc3oc(C)nc3c2)cc1. The average Bonchev–Trinajstić information content (AvgIpc) is 3.13. The number of nitrogens with one attached hydrogen (secondary N) is 2. The van der Waals surface area contributed by atoms with Crippen molar-refractivity contribution >= 4 is 38.4 Å². The van der Waals surface area contributed by atoms with Crippen LogP contribution in [0.3, 0.4) is 0 Å². The van der Waals surface area contributed by atoms with Gasteiger partial charge in [-0.1, -0.05) is 12.1 Å². The fourth-order valence-electron chi connectivity index (χ4n) is 3.04. The predicted molar refractivity (Wildman–Crippen MR) is 117 cm³/mol. The zero-order chi connectivity index (χ0) is 22.0. The zero-order valence-corrected chi connectivity index (χ0v) is 17.6. The Labute approximate surface area is 178 Å². The van der Waals surface area contributed by atoms with Gasteiger partial charge in [-0.05, 0) is 54.6 Å². The molecule has 0 spiro atoms. The van der Waals surface area contributed by atoms with Crippen molar-refractivity contribution < 1.29 is 22.4 Å². The van der Waals surface area contributed by atoms with Gasteiger partial charge in [0.15, 0.2) is 11.5 Å². The van der Waals surface area contributed by atoms with Crippen molar-refractivity contribution in [2.24, 2.45) is 0 Å². The number of rotatable bonds is 6. The van der Waals surface area contributed by atoms with Gasteiger partial charge in [-0.2, -0.15) is 0 Å². The average molecular weight is 437 g/mol. The van der Waals surface area contributed by atoms with E-state index in [2.05, 4.69) is 15.0 Å². The lowest BCUT2D eigenvalue weighted by Crippen LogP contribution is -2.15. The number of amides is 1. The predicted octanol–water partition coefficient (Wildman–Crippen LogP) is 4.20. The minimum Gasteiger partial charge on any atom is -0.495 e. The molecule has 0 aliphatic rings. The summed E-state index contributed by atoms with van der Waals surface area (Å²) in [6, 6.07) is 17.5. The van der Waals surface area contributed by atoms with Crippen LogP contribution in [0.25, 0.3) is 11.1 Å². The summed E-state index contributed by atoms with van der Waals surface area (Å²) in [6.45, 7) is 1.75. The Bertz CT molecular complexity index is 1360. The first-order valence-corrected chi connectivity index (χ1v) is 10.8. The molecule has 0 aliphatic carbocycles. The van der Waals surface area contributed by atoms with E-state index >= 15 is 0 Å². The number of sulfonamides is 1. The first-order chi connectivity index (χ1) is 14.9. The molecule has 0 radical (unpaired) electrons. The second kappa shape index (κ2) is 8.11. The molecule has 0 saturated carbocycles. The van der Waals surface area contributed by atoms with E-state index in [-0.39, 0.29) is 10.8 Å². The normalized spacial score (nSPS) is 11.3. The van der Waals surface area contributed by atoms with Crippen molar-refractivity contribution in [3.63, 3.8) is 0 Å². The van der Waals surface area contributed by atoms with Gasteiger partial charge in [0.2, 0.25) is 0 Å². The van der Waals surface area contributed by atoms with Gasteiger partial charge in [-0.25, -0.2) is 13.4 Å². The highest BCUT2D eigenvalue weighted by molar-refractivity contribution is 7.92. The van der Waals surface area contributed by atoms with Crippen LogP contribution in [0.15, 0.2) is 76.0 Å². The first kappa shape index (κ1) is 20.4. The Balaban J connectivity index is 1.50. The molecule has 0 aliphatic heterocycles. The molecule has 3 aromatic carbocycles. The minimum absolute atomic E-state index is 0.0226. The van der Waals surface area contributed by atoms with E-state index in [1.54, 1.807) is 49.4 Å². The molecule has 9 heteroatoms. The summed E-state index contributed by atoms with van der Waals surface area (Å²) in [5, 5.41) is 2.77. The maximum Gasteiger partial charge on any atom is 0.262 e. The fraction of sp³-hybridized carbons (Fsp3) is 0.0909. The number of carbonyl (C=O) groups excluding carboxylic acids is 1. The fourth-order valence-corrected chi connectivity index (χ4v) is 4.11. The van der Waals surface area contributed by atoms with Gasteiger partial charge >= 0.3 is 0 Å². The van der Waals surface area contributed by atoms with Crippen molar-refractivity contribution in [2.75, 3.05) is 17.1 Å². The summed E-state index contributed by atoms with van der Waals surface area (Å²) in [6.07, 6.45) is 0. The van der Waals surface area contributed by atoms with E-state index in [0.717, 1.165) is 0 Å². The maximum atomic E-state index is 12.7. The molecular formula is C22H19N3O5S. The molecule has 1 aromatic heterocycles. The third-order valence-electron chi connectivity index (χ3n) is 4.53. The number of aromatic nitrogens is 1. The van der Waals surface area contributed by atoms with Gasteiger partial charge < -0.3 is 14.5 Å². The molecule has 1 heterocycles. The van der Waals surface area contributed by atoms with Crippen LogP contribution in [0.5, 0.6) is 5.75 Å². The van der Waals surface area contributed by atoms with Crippen molar-refractivity contribution in [1.29, 1.82) is 0 Å². The third kappa shape index (κ3) is 4.36. The third-order valence-corrected chi connectivity index (χ3v) is 5.91. The van der Waals surface area contributed by atoms with E-state index in [4.69, 9.17) is 9.15 Å². The Morgan fingerprint density at radius 3 is 2.52 bits per heavy atom. The van der Waals surface area contributed by atoms with Crippen LogP contribution in [-0.2, 0) is 10.0 Å². The number of oxazole rings is 1. The van der Waals surface area contributed by atoms with Gasteiger partial charge in [-0.3, -0.25) is 9.52 Å². The van der Waals surface area contributed by atoms with Crippen molar-refractivity contribution in [2.45, 2.75) is 11.8 Å². The number of nitrogens with zero attached hydrogens (tertiary/aromatic N) is 1. The second-order valence-electron chi connectivity index (χ2n) is 6.70. The van der Waals surface area contributed by atoms with Gasteiger partial charge in [-0.15, -0.1) is 0 Å². The molecule has 2 N–H and O–H groups in total. The van der Waals surface area contributed by atoms with Crippen molar-refractivity contribution in [3.05, 3.63) is 78.2 Å². The zero-order valence-electron chi connectivity index (χ0n) is 16.7. The Morgan fingerprint density at radius 2 is 1.77 bits per heavy atom. The number of methoxy groups -OCH3 is 1. The van der Waals surface area contributed by atoms with E-state index < -0.39 is 10.0 Å². The molecular weight excluding hydrogens is 418 g/mol. The van der Waals surface area contributed by atoms with Crippen LogP contribution in [-0.4, -0.2) is 26.4 Å². The van der Waals surface area contributed by atoms with E-state index in [9.17, 15) is 13.2 Å². The van der Waals surface area contributed by atoms with Gasteiger partial charge in [0.25, 0.3) is 15.9 Å². The van der Waals surface area contributed by atoms with E-state index in [1.807, 2.05) is 0 Å². The number of hydrogen-bond acceptors (Lipinski definition) is 6. The quantitative estimate of drug-likeness (QED) is 0.468. The molecule has 31 heavy (non-hydrogen) atoms. The van der Waals surface area contributed by atoms with Crippen LogP contribution in [0.1, 0.15) is 16.2 Å². The topological polar surface area (TPSA) is 111 Å². The van der Waals surface area contributed by atoms with Crippen LogP contribution in [0.2, 0.25) is 0 Å². The molecule has 8 nitrogen and oxygen atoms in total. The number of anilines is 2. The molecule has 0 fully saturated rings. The Kier molecular flexibility index (Phi) is 5.35. The van der Waals surface area contributed by atoms with E-state index in [1.165, 1.54) is 31.4 Å². The maximum absolute atomic E-state index is 12.7. The Morgan fingerprint density at radius 1 is 1.03 bits per heavy atom. The summed E-state index contributed by atoms with van der Waals surface area (Å²) < 4.78 is 38.5. The molecule has 4 aromatic rings. The molecule has 1 amide bonds. The van der Waals surface area contributed by atoms with Gasteiger partial charge in [0, 0.05) is 18.2 Å². The number of para-hydroxylation sites is 2. The van der Waals surface area contributed by atoms with Crippen LogP contribution >= 0.6 is 0 Å². The van der Waals surface area contributed by atoms with Gasteiger partial charge in [0.1, 0.15) is 11.3 Å². The molecule has 0 bridgehead atoms. The van der Waals surface area contributed by atoms with Crippen molar-refractivity contribution in [3.8, 4) is 5.75 Å². The molecule has 4 rings (SSSR count). The lowest BCUT2D eigenvalue weighted by molar-refractivity contribution is 0.102. The number of benzene rings is 3. The summed E-state index contributed by atoms with van der Waals surface area (Å²) in [5.41, 5.74) is 2.46. The summed E-state index contributed by atoms with van der Waals surface area (Å²) in [4.78, 5) is 16.8.